The molecule has 0 spiro atoms. The van der Waals surface area contributed by atoms with Crippen molar-refractivity contribution in [2.75, 3.05) is 33.3 Å². The molecular weight excluding hydrogens is 460 g/mol. The third kappa shape index (κ3) is 5.40. The molecule has 35 heavy (non-hydrogen) atoms. The van der Waals surface area contributed by atoms with Crippen LogP contribution in [0.4, 0.5) is 0 Å². The zero-order chi connectivity index (χ0) is 24.1. The average molecular weight is 495 g/mol. The minimum Gasteiger partial charge on any atom is -0.496 e. The largest absolute Gasteiger partial charge is 0.496 e. The highest BCUT2D eigenvalue weighted by Crippen LogP contribution is 2.45. The molecule has 7 heteroatoms. The molecular formula is C28H35ClN4O2. The Balaban J connectivity index is 1.10. The fraction of sp³-hybridized carbons (Fsp3) is 0.500. The first kappa shape index (κ1) is 24.3. The summed E-state index contributed by atoms with van der Waals surface area (Å²) in [4.78, 5) is 7.34. The fourth-order valence-corrected chi connectivity index (χ4v) is 6.02. The van der Waals surface area contributed by atoms with Gasteiger partial charge in [0, 0.05) is 18.1 Å². The third-order valence-electron chi connectivity index (χ3n) is 7.78. The summed E-state index contributed by atoms with van der Waals surface area (Å²) in [5, 5.41) is 8.66. The minimum atomic E-state index is -0.182. The van der Waals surface area contributed by atoms with E-state index < -0.39 is 0 Å². The summed E-state index contributed by atoms with van der Waals surface area (Å²) < 4.78 is 11.2. The maximum Gasteiger partial charge on any atom is 0.240 e. The van der Waals surface area contributed by atoms with Gasteiger partial charge in [-0.15, -0.1) is 0 Å². The Morgan fingerprint density at radius 1 is 1.11 bits per heavy atom. The highest BCUT2D eigenvalue weighted by molar-refractivity contribution is 6.30. The van der Waals surface area contributed by atoms with Crippen LogP contribution in [-0.2, 0) is 12.0 Å². The summed E-state index contributed by atoms with van der Waals surface area (Å²) in [6.07, 6.45) is 6.73. The van der Waals surface area contributed by atoms with E-state index in [-0.39, 0.29) is 5.41 Å². The van der Waals surface area contributed by atoms with Gasteiger partial charge in [0.05, 0.1) is 19.1 Å². The summed E-state index contributed by atoms with van der Waals surface area (Å²) >= 11 is 6.30. The third-order valence-corrected chi connectivity index (χ3v) is 8.01. The van der Waals surface area contributed by atoms with E-state index >= 15 is 0 Å². The first-order valence-electron chi connectivity index (χ1n) is 12.8. The molecule has 0 amide bonds. The van der Waals surface area contributed by atoms with Crippen LogP contribution in [0.15, 0.2) is 53.1 Å². The number of halogens is 1. The van der Waals surface area contributed by atoms with E-state index in [2.05, 4.69) is 45.7 Å². The molecule has 0 bridgehead atoms. The molecule has 1 saturated heterocycles. The molecule has 2 aromatic carbocycles. The molecule has 1 aliphatic carbocycles. The van der Waals surface area contributed by atoms with Crippen molar-refractivity contribution in [2.24, 2.45) is 0 Å². The summed E-state index contributed by atoms with van der Waals surface area (Å²) in [5.41, 5.74) is 2.36. The van der Waals surface area contributed by atoms with Gasteiger partial charge in [0.2, 0.25) is 5.89 Å². The van der Waals surface area contributed by atoms with Crippen molar-refractivity contribution in [2.45, 2.75) is 56.4 Å². The lowest BCUT2D eigenvalue weighted by Gasteiger charge is -2.32. The molecule has 3 aromatic rings. The zero-order valence-corrected chi connectivity index (χ0v) is 21.3. The standard InChI is InChI=1S/C28H35ClN4O2/c1-34-25-10-3-2-9-24(25)21-11-16-33(17-12-21)18-15-30-20-26-31-27(32-35-26)28(13-4-5-14-28)22-7-6-8-23(29)19-22/h2-3,6-10,19,21,30H,4-5,11-18,20H2,1H3. The molecule has 1 saturated carbocycles. The van der Waals surface area contributed by atoms with Crippen molar-refractivity contribution in [1.82, 2.24) is 20.4 Å². The highest BCUT2D eigenvalue weighted by Gasteiger charge is 2.41. The van der Waals surface area contributed by atoms with E-state index in [1.807, 2.05) is 18.2 Å². The number of nitrogens with one attached hydrogen (secondary N) is 1. The Hall–Kier alpha value is -2.41. The number of likely N-dealkylation sites (tertiary alicyclic amines) is 1. The molecule has 1 N–H and O–H groups in total. The van der Waals surface area contributed by atoms with Crippen LogP contribution < -0.4 is 10.1 Å². The predicted molar refractivity (Wildman–Crippen MR) is 138 cm³/mol. The van der Waals surface area contributed by atoms with Crippen LogP contribution in [0.1, 0.15) is 67.3 Å². The molecule has 2 fully saturated rings. The van der Waals surface area contributed by atoms with Gasteiger partial charge in [-0.2, -0.15) is 4.98 Å². The molecule has 0 radical (unpaired) electrons. The Morgan fingerprint density at radius 3 is 2.69 bits per heavy atom. The Labute approximate surface area is 213 Å². The van der Waals surface area contributed by atoms with E-state index in [0.717, 1.165) is 55.6 Å². The molecule has 0 unspecified atom stereocenters. The van der Waals surface area contributed by atoms with Gasteiger partial charge in [0.15, 0.2) is 5.82 Å². The second-order valence-electron chi connectivity index (χ2n) is 9.85. The van der Waals surface area contributed by atoms with Gasteiger partial charge in [-0.05, 0) is 74.0 Å². The molecule has 5 rings (SSSR count). The number of para-hydroxylation sites is 1. The van der Waals surface area contributed by atoms with Crippen LogP contribution in [0, 0.1) is 0 Å². The van der Waals surface area contributed by atoms with E-state index in [4.69, 9.17) is 25.8 Å². The second kappa shape index (κ2) is 11.1. The van der Waals surface area contributed by atoms with Crippen molar-refractivity contribution in [3.8, 4) is 5.75 Å². The monoisotopic (exact) mass is 494 g/mol. The smallest absolute Gasteiger partial charge is 0.240 e. The van der Waals surface area contributed by atoms with Gasteiger partial charge < -0.3 is 19.5 Å². The molecule has 6 nitrogen and oxygen atoms in total. The second-order valence-corrected chi connectivity index (χ2v) is 10.3. The van der Waals surface area contributed by atoms with E-state index in [1.165, 1.54) is 36.8 Å². The summed E-state index contributed by atoms with van der Waals surface area (Å²) in [5.74, 6) is 3.05. The van der Waals surface area contributed by atoms with Crippen molar-refractivity contribution in [3.63, 3.8) is 0 Å². The zero-order valence-electron chi connectivity index (χ0n) is 20.5. The number of rotatable bonds is 9. The van der Waals surface area contributed by atoms with Crippen molar-refractivity contribution in [3.05, 3.63) is 76.4 Å². The van der Waals surface area contributed by atoms with Gasteiger partial charge in [-0.1, -0.05) is 59.9 Å². The van der Waals surface area contributed by atoms with E-state index in [9.17, 15) is 0 Å². The first-order valence-corrected chi connectivity index (χ1v) is 13.2. The maximum absolute atomic E-state index is 6.30. The van der Waals surface area contributed by atoms with Crippen LogP contribution in [0.25, 0.3) is 0 Å². The van der Waals surface area contributed by atoms with E-state index in [1.54, 1.807) is 7.11 Å². The van der Waals surface area contributed by atoms with Crippen molar-refractivity contribution in [1.29, 1.82) is 0 Å². The lowest BCUT2D eigenvalue weighted by Crippen LogP contribution is -2.37. The maximum atomic E-state index is 6.30. The lowest BCUT2D eigenvalue weighted by atomic mass is 9.78. The fourth-order valence-electron chi connectivity index (χ4n) is 5.83. The van der Waals surface area contributed by atoms with Crippen molar-refractivity contribution >= 4 is 11.6 Å². The van der Waals surface area contributed by atoms with Crippen molar-refractivity contribution < 1.29 is 9.26 Å². The number of hydrogen-bond donors (Lipinski definition) is 1. The Bertz CT molecular complexity index is 1100. The predicted octanol–water partition coefficient (Wildman–Crippen LogP) is 5.56. The quantitative estimate of drug-likeness (QED) is 0.393. The molecule has 2 aliphatic rings. The van der Waals surface area contributed by atoms with Crippen LogP contribution in [0.3, 0.4) is 0 Å². The first-order chi connectivity index (χ1) is 17.2. The number of nitrogens with zero attached hydrogens (tertiary/aromatic N) is 3. The normalized spacial score (nSPS) is 18.7. The average Bonchev–Trinajstić information content (AvgIpc) is 3.58. The number of methoxy groups -OCH3 is 1. The van der Waals surface area contributed by atoms with Gasteiger partial charge in [-0.3, -0.25) is 0 Å². The molecule has 186 valence electrons. The number of benzene rings is 2. The van der Waals surface area contributed by atoms with Crippen LogP contribution in [-0.4, -0.2) is 48.3 Å². The van der Waals surface area contributed by atoms with Crippen LogP contribution in [0.2, 0.25) is 5.02 Å². The summed E-state index contributed by atoms with van der Waals surface area (Å²) in [6.45, 7) is 4.73. The van der Waals surface area contributed by atoms with Gasteiger partial charge >= 0.3 is 0 Å². The highest BCUT2D eigenvalue weighted by atomic mass is 35.5. The van der Waals surface area contributed by atoms with Gasteiger partial charge in [0.25, 0.3) is 0 Å². The van der Waals surface area contributed by atoms with Crippen LogP contribution in [0.5, 0.6) is 5.75 Å². The Morgan fingerprint density at radius 2 is 1.91 bits per heavy atom. The topological polar surface area (TPSA) is 63.4 Å². The van der Waals surface area contributed by atoms with E-state index in [0.29, 0.717) is 18.4 Å². The molecule has 2 heterocycles. The molecule has 1 aliphatic heterocycles. The van der Waals surface area contributed by atoms with Gasteiger partial charge in [0.1, 0.15) is 5.75 Å². The lowest BCUT2D eigenvalue weighted by molar-refractivity contribution is 0.210. The number of aromatic nitrogens is 2. The summed E-state index contributed by atoms with van der Waals surface area (Å²) in [7, 11) is 1.76. The molecule has 0 atom stereocenters. The number of piperidine rings is 1. The number of ether oxygens (including phenoxy) is 1. The van der Waals surface area contributed by atoms with Crippen LogP contribution >= 0.6 is 11.6 Å². The SMILES string of the molecule is COc1ccccc1C1CCN(CCNCc2nc(C3(c4cccc(Cl)c4)CCCC3)no2)CC1. The minimum absolute atomic E-state index is 0.182. The summed E-state index contributed by atoms with van der Waals surface area (Å²) in [6, 6.07) is 16.6. The molecule has 1 aromatic heterocycles. The van der Waals surface area contributed by atoms with Gasteiger partial charge in [-0.25, -0.2) is 0 Å². The Kier molecular flexibility index (Phi) is 7.71. The number of hydrogen-bond acceptors (Lipinski definition) is 6.